The quantitative estimate of drug-likeness (QED) is 0.673. The Morgan fingerprint density at radius 1 is 1.12 bits per heavy atom. The molecule has 0 aliphatic rings. The number of ether oxygens (including phenoxy) is 1. The smallest absolute Gasteiger partial charge is 0.339 e. The zero-order chi connectivity index (χ0) is 18.7. The molecule has 0 fully saturated rings. The number of amides is 1. The number of benzene rings is 2. The highest BCUT2D eigenvalue weighted by Gasteiger charge is 2.22. The first-order valence-corrected chi connectivity index (χ1v) is 7.65. The Morgan fingerprint density at radius 2 is 1.81 bits per heavy atom. The number of halogens is 1. The van der Waals surface area contributed by atoms with Gasteiger partial charge in [0, 0.05) is 7.05 Å². The lowest BCUT2D eigenvalue weighted by molar-refractivity contribution is 0.0601. The van der Waals surface area contributed by atoms with Gasteiger partial charge >= 0.3 is 5.97 Å². The molecule has 2 aromatic carbocycles. The number of esters is 1. The van der Waals surface area contributed by atoms with Crippen molar-refractivity contribution in [3.05, 3.63) is 71.8 Å². The van der Waals surface area contributed by atoms with Gasteiger partial charge in [-0.05, 0) is 36.4 Å². The van der Waals surface area contributed by atoms with Crippen molar-refractivity contribution in [3.8, 4) is 5.69 Å². The van der Waals surface area contributed by atoms with Crippen molar-refractivity contribution in [2.45, 2.75) is 0 Å². The monoisotopic (exact) mass is 354 g/mol. The number of methoxy groups -OCH3 is 1. The van der Waals surface area contributed by atoms with Gasteiger partial charge in [0.2, 0.25) is 0 Å². The molecule has 0 saturated carbocycles. The summed E-state index contributed by atoms with van der Waals surface area (Å²) in [4.78, 5) is 27.1. The number of carbonyl (C=O) groups excluding carboxylic acids is 2. The number of rotatable bonds is 4. The van der Waals surface area contributed by atoms with E-state index in [1.165, 1.54) is 54.3 Å². The van der Waals surface area contributed by atoms with E-state index in [4.69, 9.17) is 4.74 Å². The first-order chi connectivity index (χ1) is 12.5. The van der Waals surface area contributed by atoms with Crippen LogP contribution in [0.2, 0.25) is 0 Å². The maximum atomic E-state index is 13.0. The molecule has 132 valence electrons. The van der Waals surface area contributed by atoms with E-state index < -0.39 is 11.9 Å². The Kier molecular flexibility index (Phi) is 4.74. The minimum atomic E-state index is -0.546. The number of para-hydroxylation sites is 1. The van der Waals surface area contributed by atoms with E-state index in [-0.39, 0.29) is 17.1 Å². The van der Waals surface area contributed by atoms with Gasteiger partial charge in [-0.25, -0.2) is 9.18 Å². The number of hydrogen-bond acceptors (Lipinski definition) is 5. The summed E-state index contributed by atoms with van der Waals surface area (Å²) in [6, 6.07) is 12.1. The SMILES string of the molecule is COC(=O)c1ccccc1N(C)C(=O)c1cnn(-c2ccc(F)cc2)n1. The Morgan fingerprint density at radius 3 is 2.50 bits per heavy atom. The summed E-state index contributed by atoms with van der Waals surface area (Å²) in [7, 11) is 2.80. The molecule has 0 unspecified atom stereocenters. The third kappa shape index (κ3) is 3.30. The second-order valence-electron chi connectivity index (χ2n) is 5.37. The third-order valence-corrected chi connectivity index (χ3v) is 3.74. The molecule has 0 aliphatic heterocycles. The summed E-state index contributed by atoms with van der Waals surface area (Å²) < 4.78 is 17.8. The summed E-state index contributed by atoms with van der Waals surface area (Å²) in [6.07, 6.45) is 1.31. The normalized spacial score (nSPS) is 10.4. The third-order valence-electron chi connectivity index (χ3n) is 3.74. The lowest BCUT2D eigenvalue weighted by Gasteiger charge is -2.18. The van der Waals surface area contributed by atoms with Crippen LogP contribution in [0.5, 0.6) is 0 Å². The molecule has 0 radical (unpaired) electrons. The maximum Gasteiger partial charge on any atom is 0.339 e. The van der Waals surface area contributed by atoms with Gasteiger partial charge < -0.3 is 9.64 Å². The van der Waals surface area contributed by atoms with E-state index in [1.54, 1.807) is 24.3 Å². The van der Waals surface area contributed by atoms with E-state index >= 15 is 0 Å². The molecule has 8 heteroatoms. The van der Waals surface area contributed by atoms with E-state index in [2.05, 4.69) is 10.2 Å². The van der Waals surface area contributed by atoms with Gasteiger partial charge in [-0.2, -0.15) is 9.90 Å². The van der Waals surface area contributed by atoms with Gasteiger partial charge in [-0.15, -0.1) is 5.10 Å². The van der Waals surface area contributed by atoms with Crippen LogP contribution in [0, 0.1) is 5.82 Å². The number of nitrogens with zero attached hydrogens (tertiary/aromatic N) is 4. The van der Waals surface area contributed by atoms with E-state index in [9.17, 15) is 14.0 Å². The van der Waals surface area contributed by atoms with Crippen LogP contribution in [-0.2, 0) is 4.74 Å². The lowest BCUT2D eigenvalue weighted by atomic mass is 10.1. The fraction of sp³-hybridized carbons (Fsp3) is 0.111. The molecule has 3 rings (SSSR count). The lowest BCUT2D eigenvalue weighted by Crippen LogP contribution is -2.28. The molecule has 0 spiro atoms. The van der Waals surface area contributed by atoms with Crippen molar-refractivity contribution in [1.82, 2.24) is 15.0 Å². The molecule has 1 amide bonds. The number of anilines is 1. The van der Waals surface area contributed by atoms with Crippen LogP contribution >= 0.6 is 0 Å². The topological polar surface area (TPSA) is 77.3 Å². The van der Waals surface area contributed by atoms with E-state index in [0.29, 0.717) is 11.4 Å². The van der Waals surface area contributed by atoms with Gasteiger partial charge in [0.05, 0.1) is 30.2 Å². The average Bonchev–Trinajstić information content (AvgIpc) is 3.17. The molecular weight excluding hydrogens is 339 g/mol. The van der Waals surface area contributed by atoms with Gasteiger partial charge in [0.25, 0.3) is 5.91 Å². The molecule has 3 aromatic rings. The van der Waals surface area contributed by atoms with E-state index in [0.717, 1.165) is 0 Å². The Bertz CT molecular complexity index is 953. The van der Waals surface area contributed by atoms with Crippen LogP contribution in [0.1, 0.15) is 20.8 Å². The van der Waals surface area contributed by atoms with Crippen molar-refractivity contribution in [2.24, 2.45) is 0 Å². The van der Waals surface area contributed by atoms with Gasteiger partial charge in [-0.1, -0.05) is 12.1 Å². The van der Waals surface area contributed by atoms with Gasteiger partial charge in [0.1, 0.15) is 5.82 Å². The van der Waals surface area contributed by atoms with Crippen LogP contribution in [0.3, 0.4) is 0 Å². The Hall–Kier alpha value is -3.55. The van der Waals surface area contributed by atoms with Crippen molar-refractivity contribution in [1.29, 1.82) is 0 Å². The minimum absolute atomic E-state index is 0.0801. The van der Waals surface area contributed by atoms with Gasteiger partial charge in [-0.3, -0.25) is 4.79 Å². The molecule has 7 nitrogen and oxygen atoms in total. The van der Waals surface area contributed by atoms with Crippen LogP contribution < -0.4 is 4.90 Å². The fourth-order valence-electron chi connectivity index (χ4n) is 2.39. The highest BCUT2D eigenvalue weighted by atomic mass is 19.1. The Labute approximate surface area is 148 Å². The van der Waals surface area contributed by atoms with Crippen LogP contribution in [0.15, 0.2) is 54.7 Å². The van der Waals surface area contributed by atoms with Crippen LogP contribution in [0.25, 0.3) is 5.69 Å². The van der Waals surface area contributed by atoms with Crippen molar-refractivity contribution in [2.75, 3.05) is 19.1 Å². The summed E-state index contributed by atoms with van der Waals surface area (Å²) in [5.41, 5.74) is 1.25. The standard InChI is InChI=1S/C18H15FN4O3/c1-22(16-6-4-3-5-14(16)18(25)26-2)17(24)15-11-20-23(21-15)13-9-7-12(19)8-10-13/h3-11H,1-2H3. The molecule has 0 saturated heterocycles. The summed E-state index contributed by atoms with van der Waals surface area (Å²) in [5.74, 6) is -1.37. The van der Waals surface area contributed by atoms with Crippen LogP contribution in [0.4, 0.5) is 10.1 Å². The zero-order valence-corrected chi connectivity index (χ0v) is 14.1. The molecule has 0 N–H and O–H groups in total. The Balaban J connectivity index is 1.88. The number of hydrogen-bond donors (Lipinski definition) is 0. The molecule has 26 heavy (non-hydrogen) atoms. The largest absolute Gasteiger partial charge is 0.465 e. The first-order valence-electron chi connectivity index (χ1n) is 7.65. The van der Waals surface area contributed by atoms with Crippen molar-refractivity contribution in [3.63, 3.8) is 0 Å². The predicted molar refractivity (Wildman–Crippen MR) is 91.8 cm³/mol. The fourth-order valence-corrected chi connectivity index (χ4v) is 2.39. The summed E-state index contributed by atoms with van der Waals surface area (Å²) in [6.45, 7) is 0. The predicted octanol–water partition coefficient (Wildman–Crippen LogP) is 2.47. The average molecular weight is 354 g/mol. The maximum absolute atomic E-state index is 13.0. The molecule has 0 atom stereocenters. The highest BCUT2D eigenvalue weighted by molar-refractivity contribution is 6.08. The van der Waals surface area contributed by atoms with Crippen LogP contribution in [-0.4, -0.2) is 41.0 Å². The molecule has 1 heterocycles. The van der Waals surface area contributed by atoms with E-state index in [1.807, 2.05) is 0 Å². The minimum Gasteiger partial charge on any atom is -0.465 e. The summed E-state index contributed by atoms with van der Waals surface area (Å²) >= 11 is 0. The second-order valence-corrected chi connectivity index (χ2v) is 5.37. The highest BCUT2D eigenvalue weighted by Crippen LogP contribution is 2.21. The summed E-state index contributed by atoms with van der Waals surface area (Å²) in [5, 5.41) is 8.16. The second kappa shape index (κ2) is 7.14. The van der Waals surface area contributed by atoms with Crippen molar-refractivity contribution < 1.29 is 18.7 Å². The molecular formula is C18H15FN4O3. The van der Waals surface area contributed by atoms with Crippen molar-refractivity contribution >= 4 is 17.6 Å². The van der Waals surface area contributed by atoms with Gasteiger partial charge in [0.15, 0.2) is 5.69 Å². The number of carbonyl (C=O) groups is 2. The number of aromatic nitrogens is 3. The molecule has 0 aliphatic carbocycles. The zero-order valence-electron chi connectivity index (χ0n) is 14.1. The molecule has 1 aromatic heterocycles. The first kappa shape index (κ1) is 17.3. The molecule has 0 bridgehead atoms.